The third kappa shape index (κ3) is 6.67. The number of nitrogens with zero attached hydrogens (tertiary/aromatic N) is 2. The largest absolute Gasteiger partial charge is 0.451 e. The van der Waals surface area contributed by atoms with Gasteiger partial charge in [-0.1, -0.05) is 53.5 Å². The SMILES string of the molecule is Cc1ccc(-c2ccc(C(=O)NC(=S)Nc3ccc(N4CCN(Cc5ccccc5Cl)CC4)c(Cl)c3)o2)cc1C. The Kier molecular flexibility index (Phi) is 8.76. The molecule has 4 aromatic rings. The number of carbonyl (C=O) groups is 1. The van der Waals surface area contributed by atoms with Crippen molar-refractivity contribution in [1.29, 1.82) is 0 Å². The molecule has 0 aliphatic carbocycles. The lowest BCUT2D eigenvalue weighted by atomic mass is 10.1. The number of benzene rings is 3. The van der Waals surface area contributed by atoms with E-state index < -0.39 is 5.91 Å². The highest BCUT2D eigenvalue weighted by Crippen LogP contribution is 2.30. The lowest BCUT2D eigenvalue weighted by Crippen LogP contribution is -2.46. The van der Waals surface area contributed by atoms with Crippen LogP contribution in [0, 0.1) is 13.8 Å². The molecule has 1 fully saturated rings. The van der Waals surface area contributed by atoms with Gasteiger partial charge in [0.25, 0.3) is 5.91 Å². The van der Waals surface area contributed by atoms with Crippen molar-refractivity contribution in [3.8, 4) is 11.3 Å². The first-order chi connectivity index (χ1) is 19.3. The maximum atomic E-state index is 12.7. The Morgan fingerprint density at radius 1 is 0.900 bits per heavy atom. The molecule has 1 aliphatic rings. The highest BCUT2D eigenvalue weighted by Gasteiger charge is 2.20. The maximum absolute atomic E-state index is 12.7. The Morgan fingerprint density at radius 3 is 2.40 bits per heavy atom. The summed E-state index contributed by atoms with van der Waals surface area (Å²) in [4.78, 5) is 17.4. The molecule has 0 radical (unpaired) electrons. The van der Waals surface area contributed by atoms with Crippen molar-refractivity contribution in [2.75, 3.05) is 36.4 Å². The van der Waals surface area contributed by atoms with Crippen LogP contribution in [0.4, 0.5) is 11.4 Å². The summed E-state index contributed by atoms with van der Waals surface area (Å²) in [6.45, 7) is 8.48. The summed E-state index contributed by atoms with van der Waals surface area (Å²) in [7, 11) is 0. The van der Waals surface area contributed by atoms with Gasteiger partial charge in [-0.05, 0) is 85.2 Å². The number of furan rings is 1. The summed E-state index contributed by atoms with van der Waals surface area (Å²) in [6.07, 6.45) is 0. The molecule has 3 aromatic carbocycles. The number of amides is 1. The van der Waals surface area contributed by atoms with E-state index in [1.807, 2.05) is 61.5 Å². The summed E-state index contributed by atoms with van der Waals surface area (Å²) in [5.74, 6) is 0.378. The second-order valence-corrected chi connectivity index (χ2v) is 11.1. The summed E-state index contributed by atoms with van der Waals surface area (Å²) < 4.78 is 5.79. The monoisotopic (exact) mass is 592 g/mol. The second kappa shape index (κ2) is 12.4. The van der Waals surface area contributed by atoms with Gasteiger partial charge in [-0.15, -0.1) is 0 Å². The van der Waals surface area contributed by atoms with Crippen LogP contribution in [0.5, 0.6) is 0 Å². The van der Waals surface area contributed by atoms with Crippen LogP contribution in [-0.2, 0) is 6.54 Å². The van der Waals surface area contributed by atoms with Gasteiger partial charge in [0.05, 0.1) is 10.7 Å². The average molecular weight is 594 g/mol. The first-order valence-corrected chi connectivity index (χ1v) is 14.2. The molecule has 1 saturated heterocycles. The van der Waals surface area contributed by atoms with Gasteiger partial charge in [-0.2, -0.15) is 0 Å². The van der Waals surface area contributed by atoms with Crippen LogP contribution in [0.1, 0.15) is 27.2 Å². The predicted octanol–water partition coefficient (Wildman–Crippen LogP) is 7.32. The summed E-state index contributed by atoms with van der Waals surface area (Å²) in [6, 6.07) is 23.1. The zero-order valence-corrected chi connectivity index (χ0v) is 24.7. The molecule has 0 atom stereocenters. The van der Waals surface area contributed by atoms with Crippen LogP contribution in [0.25, 0.3) is 11.3 Å². The van der Waals surface area contributed by atoms with Gasteiger partial charge < -0.3 is 14.6 Å². The molecule has 9 heteroatoms. The number of nitrogens with one attached hydrogen (secondary N) is 2. The third-order valence-corrected chi connectivity index (χ3v) is 7.99. The van der Waals surface area contributed by atoms with Crippen LogP contribution >= 0.6 is 35.4 Å². The van der Waals surface area contributed by atoms with Gasteiger partial charge in [0.2, 0.25) is 0 Å². The van der Waals surface area contributed by atoms with Crippen LogP contribution in [0.15, 0.2) is 77.2 Å². The topological polar surface area (TPSA) is 60.8 Å². The van der Waals surface area contributed by atoms with E-state index in [1.165, 1.54) is 5.56 Å². The molecule has 0 bridgehead atoms. The molecule has 0 saturated carbocycles. The highest BCUT2D eigenvalue weighted by atomic mass is 35.5. The number of anilines is 2. The van der Waals surface area contributed by atoms with E-state index in [2.05, 4.69) is 33.4 Å². The molecule has 40 heavy (non-hydrogen) atoms. The van der Waals surface area contributed by atoms with Crippen LogP contribution < -0.4 is 15.5 Å². The van der Waals surface area contributed by atoms with Crippen molar-refractivity contribution in [1.82, 2.24) is 10.2 Å². The van der Waals surface area contributed by atoms with E-state index in [-0.39, 0.29) is 10.9 Å². The Balaban J connectivity index is 1.14. The van der Waals surface area contributed by atoms with Crippen molar-refractivity contribution in [2.24, 2.45) is 0 Å². The number of aryl methyl sites for hydroxylation is 2. The van der Waals surface area contributed by atoms with Crippen molar-refractivity contribution < 1.29 is 9.21 Å². The fourth-order valence-corrected chi connectivity index (χ4v) is 5.40. The van der Waals surface area contributed by atoms with Crippen molar-refractivity contribution in [3.63, 3.8) is 0 Å². The number of thiocarbonyl (C=S) groups is 1. The predicted molar refractivity (Wildman–Crippen MR) is 168 cm³/mol. The molecule has 1 amide bonds. The Morgan fingerprint density at radius 2 is 1.68 bits per heavy atom. The van der Waals surface area contributed by atoms with Crippen molar-refractivity contribution >= 4 is 57.8 Å². The van der Waals surface area contributed by atoms with E-state index in [4.69, 9.17) is 39.8 Å². The zero-order chi connectivity index (χ0) is 28.2. The standard InChI is InChI=1S/C31H30Cl2N4O2S/c1-20-7-8-22(17-21(20)2)28-11-12-29(39-28)30(38)35-31(40)34-24-9-10-27(26(33)18-24)37-15-13-36(14-16-37)19-23-5-3-4-6-25(23)32/h3-12,17-18H,13-16,19H2,1-2H3,(H2,34,35,38,40). The van der Waals surface area contributed by atoms with Gasteiger partial charge in [0.1, 0.15) is 5.76 Å². The zero-order valence-electron chi connectivity index (χ0n) is 22.3. The first-order valence-electron chi connectivity index (χ1n) is 13.1. The van der Waals surface area contributed by atoms with Crippen molar-refractivity contribution in [3.05, 3.63) is 105 Å². The van der Waals surface area contributed by atoms with Crippen LogP contribution in [-0.4, -0.2) is 42.1 Å². The van der Waals surface area contributed by atoms with E-state index in [1.54, 1.807) is 12.1 Å². The number of hydrogen-bond acceptors (Lipinski definition) is 5. The Hall–Kier alpha value is -3.36. The summed E-state index contributed by atoms with van der Waals surface area (Å²) >= 11 is 18.4. The molecular weight excluding hydrogens is 563 g/mol. The minimum atomic E-state index is -0.426. The second-order valence-electron chi connectivity index (χ2n) is 9.89. The maximum Gasteiger partial charge on any atom is 0.293 e. The number of piperazine rings is 1. The average Bonchev–Trinajstić information content (AvgIpc) is 3.43. The molecule has 0 unspecified atom stereocenters. The Bertz CT molecular complexity index is 1550. The fraction of sp³-hybridized carbons (Fsp3) is 0.226. The highest BCUT2D eigenvalue weighted by molar-refractivity contribution is 7.80. The molecule has 2 N–H and O–H groups in total. The molecule has 206 valence electrons. The molecule has 5 rings (SSSR count). The number of carbonyl (C=O) groups excluding carboxylic acids is 1. The number of rotatable bonds is 6. The number of halogens is 2. The lowest BCUT2D eigenvalue weighted by Gasteiger charge is -2.36. The summed E-state index contributed by atoms with van der Waals surface area (Å²) in [5, 5.41) is 7.29. The molecule has 6 nitrogen and oxygen atoms in total. The molecular formula is C31H30Cl2N4O2S. The lowest BCUT2D eigenvalue weighted by molar-refractivity contribution is 0.0951. The van der Waals surface area contributed by atoms with Gasteiger partial charge in [0, 0.05) is 49.0 Å². The van der Waals surface area contributed by atoms with Gasteiger partial charge in [-0.3, -0.25) is 15.0 Å². The van der Waals surface area contributed by atoms with Gasteiger partial charge in [-0.25, -0.2) is 0 Å². The quantitative estimate of drug-likeness (QED) is 0.229. The molecule has 1 aliphatic heterocycles. The van der Waals surface area contributed by atoms with E-state index in [0.29, 0.717) is 16.5 Å². The molecule has 2 heterocycles. The van der Waals surface area contributed by atoms with E-state index in [0.717, 1.165) is 60.1 Å². The molecule has 0 spiro atoms. The first kappa shape index (κ1) is 28.2. The van der Waals surface area contributed by atoms with Crippen molar-refractivity contribution in [2.45, 2.75) is 20.4 Å². The van der Waals surface area contributed by atoms with E-state index >= 15 is 0 Å². The minimum absolute atomic E-state index is 0.158. The summed E-state index contributed by atoms with van der Waals surface area (Å²) in [5.41, 5.74) is 6.07. The number of hydrogen-bond donors (Lipinski definition) is 2. The third-order valence-electron chi connectivity index (χ3n) is 7.12. The normalized spacial score (nSPS) is 13.8. The fourth-order valence-electron chi connectivity index (χ4n) is 4.69. The van der Waals surface area contributed by atoms with Crippen LogP contribution in [0.3, 0.4) is 0 Å². The van der Waals surface area contributed by atoms with Crippen LogP contribution in [0.2, 0.25) is 10.0 Å². The smallest absolute Gasteiger partial charge is 0.293 e. The minimum Gasteiger partial charge on any atom is -0.451 e. The Labute approximate surface area is 249 Å². The van der Waals surface area contributed by atoms with Gasteiger partial charge in [0.15, 0.2) is 10.9 Å². The van der Waals surface area contributed by atoms with E-state index in [9.17, 15) is 4.79 Å². The molecule has 1 aromatic heterocycles. The van der Waals surface area contributed by atoms with Gasteiger partial charge >= 0.3 is 0 Å².